The average molecular weight is 490 g/mol. The van der Waals surface area contributed by atoms with Crippen LogP contribution < -0.4 is 69.3 Å². The number of rotatable bonds is 10. The maximum Gasteiger partial charge on any atom is 1.00 e. The third-order valence-electron chi connectivity index (χ3n) is 2.57. The summed E-state index contributed by atoms with van der Waals surface area (Å²) in [7, 11) is 0. The maximum atomic E-state index is 10.3. The molecule has 0 unspecified atom stereocenters. The molecular formula is C13H16Na2O17. The third-order valence-corrected chi connectivity index (χ3v) is 2.57. The van der Waals surface area contributed by atoms with E-state index in [1.54, 1.807) is 0 Å². The molecule has 0 aliphatic rings. The predicted octanol–water partition coefficient (Wildman–Crippen LogP) is -10.9. The van der Waals surface area contributed by atoms with Gasteiger partial charge in [0, 0.05) is 0 Å². The molecule has 0 fully saturated rings. The zero-order chi connectivity index (χ0) is 24.9. The van der Waals surface area contributed by atoms with Crippen molar-refractivity contribution in [3.8, 4) is 0 Å². The quantitative estimate of drug-likeness (QED) is 0.132. The number of carbonyl (C=O) groups excluding carboxylic acids is 1. The van der Waals surface area contributed by atoms with Crippen molar-refractivity contribution in [1.29, 1.82) is 0 Å². The van der Waals surface area contributed by atoms with E-state index in [1.807, 2.05) is 0 Å². The summed E-state index contributed by atoms with van der Waals surface area (Å²) in [5.41, 5.74) is -5.48. The second-order valence-electron chi connectivity index (χ2n) is 5.21. The van der Waals surface area contributed by atoms with Crippen LogP contribution in [0.2, 0.25) is 0 Å². The Labute approximate surface area is 221 Å². The number of carboxylic acids is 6. The molecule has 0 aromatic carbocycles. The first-order chi connectivity index (χ1) is 13.3. The van der Waals surface area contributed by atoms with Gasteiger partial charge in [0.2, 0.25) is 0 Å². The summed E-state index contributed by atoms with van der Waals surface area (Å²) in [6.07, 6.45) is -6.91. The molecule has 0 rings (SSSR count). The Morgan fingerprint density at radius 2 is 0.625 bits per heavy atom. The van der Waals surface area contributed by atoms with Crippen LogP contribution in [-0.2, 0) is 28.8 Å². The number of carboxylic acid groups (broad SMARTS) is 8. The molecule has 0 aromatic rings. The van der Waals surface area contributed by atoms with E-state index in [2.05, 4.69) is 0 Å². The molecule has 0 heterocycles. The zero-order valence-electron chi connectivity index (χ0n) is 16.6. The first kappa shape index (κ1) is 40.4. The van der Waals surface area contributed by atoms with Crippen molar-refractivity contribution < 1.29 is 144 Å². The van der Waals surface area contributed by atoms with E-state index in [0.717, 1.165) is 0 Å². The van der Waals surface area contributed by atoms with E-state index in [9.17, 15) is 28.8 Å². The largest absolute Gasteiger partial charge is 1.00 e. The summed E-state index contributed by atoms with van der Waals surface area (Å²) in [5, 5.41) is 84.3. The zero-order valence-corrected chi connectivity index (χ0v) is 20.6. The van der Waals surface area contributed by atoms with E-state index in [4.69, 9.17) is 55.9 Å². The van der Waals surface area contributed by atoms with Gasteiger partial charge in [-0.3, -0.25) is 19.2 Å². The summed E-state index contributed by atoms with van der Waals surface area (Å²) in [5.74, 6) is -10.0. The Balaban J connectivity index is -0.000000123. The second-order valence-corrected chi connectivity index (χ2v) is 5.21. The van der Waals surface area contributed by atoms with Crippen molar-refractivity contribution >= 4 is 42.0 Å². The Kier molecular flexibility index (Phi) is 23.4. The number of aliphatic carboxylic acids is 6. The van der Waals surface area contributed by atoms with Crippen LogP contribution in [-0.4, -0.2) is 94.0 Å². The molecule has 8 N–H and O–H groups in total. The van der Waals surface area contributed by atoms with Crippen molar-refractivity contribution in [3.05, 3.63) is 0 Å². The molecular weight excluding hydrogens is 474 g/mol. The van der Waals surface area contributed by atoms with E-state index < -0.39 is 78.9 Å². The maximum absolute atomic E-state index is 10.3. The van der Waals surface area contributed by atoms with Crippen LogP contribution in [0.25, 0.3) is 0 Å². The summed E-state index contributed by atoms with van der Waals surface area (Å²) in [4.78, 5) is 69.3. The monoisotopic (exact) mass is 490 g/mol. The van der Waals surface area contributed by atoms with Gasteiger partial charge in [-0.05, 0) is 6.16 Å². The summed E-state index contributed by atoms with van der Waals surface area (Å²) in [6.45, 7) is 0. The van der Waals surface area contributed by atoms with Gasteiger partial charge in [-0.25, -0.2) is 9.59 Å². The summed E-state index contributed by atoms with van der Waals surface area (Å²) >= 11 is 0. The molecule has 0 aliphatic carbocycles. The van der Waals surface area contributed by atoms with Crippen molar-refractivity contribution in [2.45, 2.75) is 36.9 Å². The van der Waals surface area contributed by atoms with Crippen molar-refractivity contribution in [1.82, 2.24) is 0 Å². The van der Waals surface area contributed by atoms with Gasteiger partial charge in [-0.15, -0.1) is 0 Å². The average Bonchev–Trinajstić information content (AvgIpc) is 2.43. The molecule has 0 aromatic heterocycles. The SMILES string of the molecule is O=C(O)CC(O)(CC(=O)O)C(=O)O.O=C(O)CC(O)(CC(=O)O)C(=O)O.O=C([O-])[O-].[Na+].[Na+]. The van der Waals surface area contributed by atoms with Crippen LogP contribution in [0, 0.1) is 0 Å². The van der Waals surface area contributed by atoms with Gasteiger partial charge < -0.3 is 55.9 Å². The Morgan fingerprint density at radius 1 is 0.500 bits per heavy atom. The molecule has 0 spiro atoms. The van der Waals surface area contributed by atoms with Gasteiger partial charge >= 0.3 is 94.9 Å². The molecule has 19 heteroatoms. The Bertz CT molecular complexity index is 600. The fraction of sp³-hybridized carbons (Fsp3) is 0.462. The Morgan fingerprint density at radius 3 is 0.688 bits per heavy atom. The molecule has 172 valence electrons. The van der Waals surface area contributed by atoms with E-state index in [-0.39, 0.29) is 59.1 Å². The van der Waals surface area contributed by atoms with Gasteiger partial charge in [-0.2, -0.15) is 0 Å². The Hall–Kier alpha value is -1.99. The van der Waals surface area contributed by atoms with Gasteiger partial charge in [-0.1, -0.05) is 0 Å². The minimum Gasteiger partial charge on any atom is -0.652 e. The molecule has 0 radical (unpaired) electrons. The number of aliphatic hydroxyl groups is 2. The molecule has 17 nitrogen and oxygen atoms in total. The van der Waals surface area contributed by atoms with Crippen LogP contribution in [0.15, 0.2) is 0 Å². The molecule has 0 atom stereocenters. The third kappa shape index (κ3) is 22.7. The molecule has 0 aliphatic heterocycles. The predicted molar refractivity (Wildman–Crippen MR) is 79.6 cm³/mol. The number of carbonyl (C=O) groups is 7. The molecule has 0 bridgehead atoms. The normalized spacial score (nSPS) is 9.56. The fourth-order valence-electron chi connectivity index (χ4n) is 1.43. The topological polar surface area (TPSA) is 327 Å². The van der Waals surface area contributed by atoms with Gasteiger partial charge in [0.15, 0.2) is 11.2 Å². The standard InChI is InChI=1S/2C6H8O7.CH2O3.2Na/c2*7-3(8)1-6(13,5(11)12)2-4(9)10;2-1(3)4;;/h2*13H,1-2H2,(H,7,8)(H,9,10)(H,11,12);(H2,2,3,4);;/q;;;2*+1/p-2. The van der Waals surface area contributed by atoms with Crippen LogP contribution in [0.3, 0.4) is 0 Å². The van der Waals surface area contributed by atoms with Crippen molar-refractivity contribution in [2.24, 2.45) is 0 Å². The van der Waals surface area contributed by atoms with Crippen LogP contribution in [0.5, 0.6) is 0 Å². The number of hydrogen-bond acceptors (Lipinski definition) is 11. The summed E-state index contributed by atoms with van der Waals surface area (Å²) < 4.78 is 0. The van der Waals surface area contributed by atoms with Crippen molar-refractivity contribution in [3.63, 3.8) is 0 Å². The van der Waals surface area contributed by atoms with Gasteiger partial charge in [0.25, 0.3) is 0 Å². The van der Waals surface area contributed by atoms with Crippen LogP contribution in [0.4, 0.5) is 4.79 Å². The fourth-order valence-corrected chi connectivity index (χ4v) is 1.43. The van der Waals surface area contributed by atoms with E-state index in [1.165, 1.54) is 0 Å². The second kappa shape index (κ2) is 18.6. The van der Waals surface area contributed by atoms with E-state index >= 15 is 0 Å². The minimum absolute atomic E-state index is 0. The molecule has 0 saturated carbocycles. The van der Waals surface area contributed by atoms with Gasteiger partial charge in [0.05, 0.1) is 25.7 Å². The minimum atomic E-state index is -2.74. The van der Waals surface area contributed by atoms with Crippen molar-refractivity contribution in [2.75, 3.05) is 0 Å². The first-order valence-corrected chi connectivity index (χ1v) is 6.95. The number of hydrogen-bond donors (Lipinski definition) is 8. The first-order valence-electron chi connectivity index (χ1n) is 6.95. The van der Waals surface area contributed by atoms with E-state index in [0.29, 0.717) is 0 Å². The smallest absolute Gasteiger partial charge is 0.652 e. The molecule has 32 heavy (non-hydrogen) atoms. The molecule has 0 amide bonds. The summed E-state index contributed by atoms with van der Waals surface area (Å²) in [6, 6.07) is 0. The van der Waals surface area contributed by atoms with Crippen LogP contribution in [0.1, 0.15) is 25.7 Å². The van der Waals surface area contributed by atoms with Crippen LogP contribution >= 0.6 is 0 Å². The van der Waals surface area contributed by atoms with Gasteiger partial charge in [0.1, 0.15) is 0 Å². The molecule has 0 saturated heterocycles.